The van der Waals surface area contributed by atoms with E-state index in [1.807, 2.05) is 21.1 Å². The Morgan fingerprint density at radius 2 is 0.950 bits per heavy atom. The zero-order valence-electron chi connectivity index (χ0n) is 39.1. The Hall–Kier alpha value is -3.01. The number of carboxylic acid groups (broad SMARTS) is 1. The molecule has 2 unspecified atom stereocenters. The Morgan fingerprint density at radius 3 is 1.42 bits per heavy atom. The van der Waals surface area contributed by atoms with Gasteiger partial charge >= 0.3 is 17.9 Å². The molecular weight excluding hydrogens is 755 g/mol. The number of quaternary nitrogens is 1. The predicted octanol–water partition coefficient (Wildman–Crippen LogP) is 12.9. The molecular formula is C51H90NO8+. The van der Waals surface area contributed by atoms with E-state index in [-0.39, 0.29) is 32.2 Å². The summed E-state index contributed by atoms with van der Waals surface area (Å²) < 4.78 is 22.7. The number of ether oxygens (including phenoxy) is 4. The van der Waals surface area contributed by atoms with Gasteiger partial charge in [-0.25, -0.2) is 4.79 Å². The minimum Gasteiger partial charge on any atom is -0.477 e. The molecule has 0 saturated carbocycles. The predicted molar refractivity (Wildman–Crippen MR) is 249 cm³/mol. The number of unbranched alkanes of at least 4 members (excludes halogenated alkanes) is 18. The summed E-state index contributed by atoms with van der Waals surface area (Å²) in [7, 11) is 5.95. The molecule has 0 aromatic rings. The molecule has 0 aliphatic heterocycles. The van der Waals surface area contributed by atoms with Crippen LogP contribution in [0.1, 0.15) is 187 Å². The van der Waals surface area contributed by atoms with Crippen LogP contribution in [0.4, 0.5) is 0 Å². The van der Waals surface area contributed by atoms with Crippen LogP contribution in [0.5, 0.6) is 0 Å². The number of hydrogen-bond donors (Lipinski definition) is 1. The van der Waals surface area contributed by atoms with E-state index >= 15 is 0 Å². The number of rotatable bonds is 43. The van der Waals surface area contributed by atoms with Crippen LogP contribution in [0, 0.1) is 0 Å². The fourth-order valence-corrected chi connectivity index (χ4v) is 6.33. The number of carbonyl (C=O) groups is 3. The summed E-state index contributed by atoms with van der Waals surface area (Å²) in [5.74, 6) is -2.02. The van der Waals surface area contributed by atoms with Crippen molar-refractivity contribution in [2.75, 3.05) is 47.5 Å². The van der Waals surface area contributed by atoms with Crippen molar-refractivity contribution in [2.45, 2.75) is 200 Å². The van der Waals surface area contributed by atoms with Crippen molar-refractivity contribution >= 4 is 17.9 Å². The van der Waals surface area contributed by atoms with Crippen molar-refractivity contribution in [3.63, 3.8) is 0 Å². The van der Waals surface area contributed by atoms with Gasteiger partial charge in [0.15, 0.2) is 6.10 Å². The molecule has 0 rings (SSSR count). The van der Waals surface area contributed by atoms with Gasteiger partial charge in [0, 0.05) is 12.8 Å². The van der Waals surface area contributed by atoms with Crippen molar-refractivity contribution in [3.8, 4) is 0 Å². The van der Waals surface area contributed by atoms with Crippen LogP contribution in [-0.4, -0.2) is 87.4 Å². The lowest BCUT2D eigenvalue weighted by Gasteiger charge is -2.25. The molecule has 0 amide bonds. The van der Waals surface area contributed by atoms with Crippen LogP contribution in [0.15, 0.2) is 60.8 Å². The van der Waals surface area contributed by atoms with E-state index < -0.39 is 24.3 Å². The Kier molecular flexibility index (Phi) is 40.5. The summed E-state index contributed by atoms with van der Waals surface area (Å²) in [5.41, 5.74) is 0. The third kappa shape index (κ3) is 43.1. The van der Waals surface area contributed by atoms with Gasteiger partial charge in [0.25, 0.3) is 6.29 Å². The SMILES string of the molecule is CC/C=C\C/C=C\C/C=C\C/C=C\C/C=C\CCCCCCCCCC(=O)OC(COC(=O)CCCCCCCCCCCCCC)COC(OCC[N+](C)(C)C)C(=O)O. The summed E-state index contributed by atoms with van der Waals surface area (Å²) in [6.07, 6.45) is 48.5. The molecule has 1 N–H and O–H groups in total. The Morgan fingerprint density at radius 1 is 0.517 bits per heavy atom. The Balaban J connectivity index is 4.38. The summed E-state index contributed by atoms with van der Waals surface area (Å²) in [5, 5.41) is 9.64. The fourth-order valence-electron chi connectivity index (χ4n) is 6.33. The van der Waals surface area contributed by atoms with Crippen molar-refractivity contribution in [3.05, 3.63) is 60.8 Å². The summed E-state index contributed by atoms with van der Waals surface area (Å²) in [4.78, 5) is 37.1. The lowest BCUT2D eigenvalue weighted by atomic mass is 10.0. The Labute approximate surface area is 367 Å². The first-order valence-corrected chi connectivity index (χ1v) is 24.0. The van der Waals surface area contributed by atoms with E-state index in [9.17, 15) is 19.5 Å². The second-order valence-corrected chi connectivity index (χ2v) is 17.0. The third-order valence-electron chi connectivity index (χ3n) is 10.0. The van der Waals surface area contributed by atoms with Crippen molar-refractivity contribution in [1.29, 1.82) is 0 Å². The van der Waals surface area contributed by atoms with Crippen LogP contribution >= 0.6 is 0 Å². The molecule has 0 aromatic carbocycles. The lowest BCUT2D eigenvalue weighted by Crippen LogP contribution is -2.40. The second kappa shape index (κ2) is 42.7. The number of aliphatic carboxylic acids is 1. The van der Waals surface area contributed by atoms with Gasteiger partial charge in [-0.05, 0) is 57.8 Å². The molecule has 0 bridgehead atoms. The molecule has 0 saturated heterocycles. The summed E-state index contributed by atoms with van der Waals surface area (Å²) in [6.45, 7) is 4.73. The van der Waals surface area contributed by atoms with E-state index in [0.717, 1.165) is 77.0 Å². The summed E-state index contributed by atoms with van der Waals surface area (Å²) >= 11 is 0. The molecule has 9 nitrogen and oxygen atoms in total. The normalized spacial score (nSPS) is 13.4. The van der Waals surface area contributed by atoms with Gasteiger partial charge in [-0.3, -0.25) is 9.59 Å². The van der Waals surface area contributed by atoms with Crippen LogP contribution in [0.25, 0.3) is 0 Å². The van der Waals surface area contributed by atoms with Gasteiger partial charge < -0.3 is 28.5 Å². The molecule has 9 heteroatoms. The first kappa shape index (κ1) is 57.0. The molecule has 0 spiro atoms. The first-order chi connectivity index (χ1) is 29.1. The number of likely N-dealkylation sites (N-methyl/N-ethyl adjacent to an activating group) is 1. The van der Waals surface area contributed by atoms with E-state index in [0.29, 0.717) is 23.9 Å². The number of esters is 2. The zero-order chi connectivity index (χ0) is 44.2. The van der Waals surface area contributed by atoms with Crippen LogP contribution in [-0.2, 0) is 33.3 Å². The van der Waals surface area contributed by atoms with Gasteiger partial charge in [-0.2, -0.15) is 0 Å². The largest absolute Gasteiger partial charge is 0.477 e. The average molecular weight is 845 g/mol. The average Bonchev–Trinajstić information content (AvgIpc) is 3.21. The highest BCUT2D eigenvalue weighted by Crippen LogP contribution is 2.14. The van der Waals surface area contributed by atoms with E-state index in [2.05, 4.69) is 74.6 Å². The molecule has 60 heavy (non-hydrogen) atoms. The molecule has 0 radical (unpaired) electrons. The van der Waals surface area contributed by atoms with Gasteiger partial charge in [-0.1, -0.05) is 177 Å². The van der Waals surface area contributed by atoms with E-state index in [1.165, 1.54) is 77.0 Å². The Bertz CT molecular complexity index is 1170. The maximum atomic E-state index is 12.8. The number of carbonyl (C=O) groups excluding carboxylic acids is 2. The topological polar surface area (TPSA) is 108 Å². The number of carboxylic acids is 1. The van der Waals surface area contributed by atoms with Gasteiger partial charge in [0.05, 0.1) is 34.4 Å². The molecule has 0 aromatic heterocycles. The molecule has 346 valence electrons. The van der Waals surface area contributed by atoms with Crippen LogP contribution in [0.2, 0.25) is 0 Å². The molecule has 2 atom stereocenters. The molecule has 0 aliphatic rings. The molecule has 0 aliphatic carbocycles. The maximum absolute atomic E-state index is 12.8. The quantitative estimate of drug-likeness (QED) is 0.0212. The number of hydrogen-bond acceptors (Lipinski definition) is 7. The third-order valence-corrected chi connectivity index (χ3v) is 10.0. The van der Waals surface area contributed by atoms with Gasteiger partial charge in [-0.15, -0.1) is 0 Å². The summed E-state index contributed by atoms with van der Waals surface area (Å²) in [6, 6.07) is 0. The molecule has 0 fully saturated rings. The van der Waals surface area contributed by atoms with Crippen molar-refractivity contribution in [1.82, 2.24) is 0 Å². The lowest BCUT2D eigenvalue weighted by molar-refractivity contribution is -0.870. The maximum Gasteiger partial charge on any atom is 0.361 e. The number of nitrogens with zero attached hydrogens (tertiary/aromatic N) is 1. The van der Waals surface area contributed by atoms with Crippen LogP contribution < -0.4 is 0 Å². The van der Waals surface area contributed by atoms with Gasteiger partial charge in [0.2, 0.25) is 0 Å². The van der Waals surface area contributed by atoms with Gasteiger partial charge in [0.1, 0.15) is 13.2 Å². The van der Waals surface area contributed by atoms with Crippen LogP contribution in [0.3, 0.4) is 0 Å². The fraction of sp³-hybridized carbons (Fsp3) is 0.745. The van der Waals surface area contributed by atoms with Crippen molar-refractivity contribution < 1.29 is 42.9 Å². The first-order valence-electron chi connectivity index (χ1n) is 24.0. The zero-order valence-corrected chi connectivity index (χ0v) is 39.1. The highest BCUT2D eigenvalue weighted by Gasteiger charge is 2.25. The van der Waals surface area contributed by atoms with E-state index in [4.69, 9.17) is 18.9 Å². The highest BCUT2D eigenvalue weighted by molar-refractivity contribution is 5.71. The minimum atomic E-state index is -1.51. The monoisotopic (exact) mass is 845 g/mol. The van der Waals surface area contributed by atoms with Crippen molar-refractivity contribution in [2.24, 2.45) is 0 Å². The smallest absolute Gasteiger partial charge is 0.361 e. The standard InChI is InChI=1S/C51H89NO8/c1-6-8-10-12-14-16-18-20-21-22-23-24-25-26-27-28-29-30-32-34-36-38-40-42-49(54)60-47(46-59-51(50(55)56)57-44-43-52(3,4)5)45-58-48(53)41-39-37-35-33-31-19-17-15-13-11-9-7-2/h8,10,14,16,20-21,23-24,26-27,47,51H,6-7,9,11-13,15,17-19,22,25,28-46H2,1-5H3/p+1/b10-8-,16-14-,21-20-,24-23-,27-26-. The van der Waals surface area contributed by atoms with E-state index in [1.54, 1.807) is 0 Å². The highest BCUT2D eigenvalue weighted by atomic mass is 16.7. The molecule has 0 heterocycles. The minimum absolute atomic E-state index is 0.184. The number of allylic oxidation sites excluding steroid dienone is 10. The second-order valence-electron chi connectivity index (χ2n) is 17.0.